The molecule has 3 aliphatic carbocycles. The monoisotopic (exact) mass is 474 g/mol. The van der Waals surface area contributed by atoms with Crippen molar-refractivity contribution in [3.05, 3.63) is 23.7 Å². The second-order valence-electron chi connectivity index (χ2n) is 10.9. The number of hydrogen-bond donors (Lipinski definition) is 0. The number of carbonyl (C=O) groups excluding carboxylic acids is 4. The van der Waals surface area contributed by atoms with Crippen molar-refractivity contribution in [3.8, 4) is 0 Å². The molecule has 2 saturated carbocycles. The van der Waals surface area contributed by atoms with Gasteiger partial charge in [0.25, 0.3) is 0 Å². The molecule has 2 fully saturated rings. The van der Waals surface area contributed by atoms with Crippen LogP contribution in [0.2, 0.25) is 0 Å². The van der Waals surface area contributed by atoms with Gasteiger partial charge in [0.1, 0.15) is 13.2 Å². The van der Waals surface area contributed by atoms with E-state index in [1.807, 2.05) is 6.92 Å². The molecule has 8 heteroatoms. The van der Waals surface area contributed by atoms with Crippen LogP contribution in [0.4, 0.5) is 0 Å². The van der Waals surface area contributed by atoms with E-state index in [-0.39, 0.29) is 43.2 Å². The van der Waals surface area contributed by atoms with Gasteiger partial charge in [-0.05, 0) is 48.5 Å². The summed E-state index contributed by atoms with van der Waals surface area (Å²) in [6.07, 6.45) is 5.83. The molecule has 6 unspecified atom stereocenters. The molecular weight excluding hydrogens is 440 g/mol. The van der Waals surface area contributed by atoms with Crippen LogP contribution in [-0.2, 0) is 45.2 Å². The highest BCUT2D eigenvalue weighted by Gasteiger charge is 2.67. The Hall–Kier alpha value is -2.64. The molecular formula is C26H34O8. The predicted octanol–water partition coefficient (Wildman–Crippen LogP) is 3.53. The van der Waals surface area contributed by atoms with E-state index in [4.69, 9.17) is 18.6 Å². The van der Waals surface area contributed by atoms with Crippen molar-refractivity contribution >= 4 is 23.7 Å². The van der Waals surface area contributed by atoms with Gasteiger partial charge in [0.2, 0.25) is 0 Å². The van der Waals surface area contributed by atoms with Gasteiger partial charge in [-0.3, -0.25) is 19.2 Å². The topological polar surface area (TPSA) is 109 Å². The van der Waals surface area contributed by atoms with E-state index in [1.165, 1.54) is 20.8 Å². The van der Waals surface area contributed by atoms with Crippen LogP contribution < -0.4 is 0 Å². The zero-order valence-electron chi connectivity index (χ0n) is 20.6. The van der Waals surface area contributed by atoms with Gasteiger partial charge < -0.3 is 18.6 Å². The van der Waals surface area contributed by atoms with Gasteiger partial charge in [0, 0.05) is 43.6 Å². The molecule has 6 atom stereocenters. The fourth-order valence-corrected chi connectivity index (χ4v) is 7.59. The summed E-state index contributed by atoms with van der Waals surface area (Å²) in [5, 5.41) is 0. The van der Waals surface area contributed by atoms with Crippen LogP contribution >= 0.6 is 0 Å². The summed E-state index contributed by atoms with van der Waals surface area (Å²) in [5.74, 6) is -1.50. The van der Waals surface area contributed by atoms with Crippen molar-refractivity contribution in [2.45, 2.75) is 78.2 Å². The van der Waals surface area contributed by atoms with Gasteiger partial charge in [-0.15, -0.1) is 0 Å². The molecule has 8 nitrogen and oxygen atoms in total. The number of Topliss-reactive ketones (excluding diaryl/α,β-unsaturated/α-hetero) is 1. The Bertz CT molecular complexity index is 1010. The third-order valence-corrected chi connectivity index (χ3v) is 8.76. The third kappa shape index (κ3) is 3.75. The standard InChI is InChI=1S/C26H34O8/c1-15(27)32-13-25(5)21-8-9-26(14-33-16(2)28)19-12-31-11-18(19)6-7-22(26)24(21,4)10-20(30)23(25)34-17(3)29/h11-12,21-23H,6-10,13-14H2,1-5H3. The van der Waals surface area contributed by atoms with Gasteiger partial charge in [-0.2, -0.15) is 0 Å². The minimum Gasteiger partial charge on any atom is -0.472 e. The maximum absolute atomic E-state index is 13.6. The van der Waals surface area contributed by atoms with Crippen LogP contribution in [0, 0.1) is 22.7 Å². The third-order valence-electron chi connectivity index (χ3n) is 8.76. The Morgan fingerprint density at radius 2 is 1.65 bits per heavy atom. The molecule has 1 aromatic rings. The van der Waals surface area contributed by atoms with Gasteiger partial charge in [0.05, 0.1) is 12.5 Å². The molecule has 0 radical (unpaired) electrons. The number of carbonyl (C=O) groups is 4. The number of ketones is 1. The summed E-state index contributed by atoms with van der Waals surface area (Å²) in [6, 6.07) is 0. The smallest absolute Gasteiger partial charge is 0.303 e. The van der Waals surface area contributed by atoms with Gasteiger partial charge in [-0.1, -0.05) is 13.8 Å². The molecule has 186 valence electrons. The minimum absolute atomic E-state index is 0.00704. The van der Waals surface area contributed by atoms with Crippen LogP contribution in [0.5, 0.6) is 0 Å². The molecule has 3 aliphatic rings. The number of fused-ring (bicyclic) bond motifs is 5. The van der Waals surface area contributed by atoms with Crippen molar-refractivity contribution in [3.63, 3.8) is 0 Å². The first-order valence-corrected chi connectivity index (χ1v) is 12.0. The quantitative estimate of drug-likeness (QED) is 0.471. The molecule has 0 aliphatic heterocycles. The van der Waals surface area contributed by atoms with Gasteiger partial charge in [0.15, 0.2) is 11.9 Å². The lowest BCUT2D eigenvalue weighted by Gasteiger charge is -2.64. The van der Waals surface area contributed by atoms with E-state index in [1.54, 1.807) is 12.5 Å². The van der Waals surface area contributed by atoms with Crippen LogP contribution in [0.15, 0.2) is 16.9 Å². The van der Waals surface area contributed by atoms with Crippen molar-refractivity contribution in [2.75, 3.05) is 13.2 Å². The number of rotatable bonds is 5. The average molecular weight is 475 g/mol. The van der Waals surface area contributed by atoms with E-state index in [2.05, 4.69) is 6.92 Å². The highest BCUT2D eigenvalue weighted by atomic mass is 16.6. The second kappa shape index (κ2) is 8.54. The molecule has 0 bridgehead atoms. The number of hydrogen-bond acceptors (Lipinski definition) is 8. The molecule has 0 spiro atoms. The van der Waals surface area contributed by atoms with E-state index in [0.29, 0.717) is 12.8 Å². The Morgan fingerprint density at radius 1 is 0.971 bits per heavy atom. The summed E-state index contributed by atoms with van der Waals surface area (Å²) in [4.78, 5) is 49.1. The van der Waals surface area contributed by atoms with Gasteiger partial charge >= 0.3 is 17.9 Å². The first-order chi connectivity index (χ1) is 15.9. The minimum atomic E-state index is -0.975. The second-order valence-corrected chi connectivity index (χ2v) is 10.9. The Labute approximate surface area is 199 Å². The SMILES string of the molecule is CC(=O)OCC12CCC3C(C)(COC(C)=O)C(OC(C)=O)C(=O)CC3(C)C1CCc1cocc12. The largest absolute Gasteiger partial charge is 0.472 e. The first kappa shape index (κ1) is 24.5. The molecule has 0 saturated heterocycles. The van der Waals surface area contributed by atoms with Gasteiger partial charge in [-0.25, -0.2) is 0 Å². The molecule has 4 rings (SSSR count). The Morgan fingerprint density at radius 3 is 2.29 bits per heavy atom. The number of esters is 3. The lowest BCUT2D eigenvalue weighted by atomic mass is 9.39. The number of aryl methyl sites for hydroxylation is 1. The fraction of sp³-hybridized carbons (Fsp3) is 0.692. The maximum atomic E-state index is 13.6. The van der Waals surface area contributed by atoms with Crippen LogP contribution in [-0.4, -0.2) is 43.0 Å². The number of furan rings is 1. The summed E-state index contributed by atoms with van der Waals surface area (Å²) < 4.78 is 22.2. The zero-order chi connectivity index (χ0) is 24.9. The normalized spacial score (nSPS) is 36.5. The molecule has 1 heterocycles. The van der Waals surface area contributed by atoms with Crippen LogP contribution in [0.25, 0.3) is 0 Å². The van der Waals surface area contributed by atoms with E-state index in [9.17, 15) is 19.2 Å². The lowest BCUT2D eigenvalue weighted by Crippen LogP contribution is -2.66. The van der Waals surface area contributed by atoms with Crippen molar-refractivity contribution in [1.82, 2.24) is 0 Å². The summed E-state index contributed by atoms with van der Waals surface area (Å²) in [6.45, 7) is 8.28. The molecule has 0 amide bonds. The van der Waals surface area contributed by atoms with Crippen LogP contribution in [0.3, 0.4) is 0 Å². The van der Waals surface area contributed by atoms with Crippen LogP contribution in [0.1, 0.15) is 71.4 Å². The Balaban J connectivity index is 1.80. The van der Waals surface area contributed by atoms with Crippen molar-refractivity contribution in [2.24, 2.45) is 22.7 Å². The number of ether oxygens (including phenoxy) is 3. The van der Waals surface area contributed by atoms with Crippen molar-refractivity contribution < 1.29 is 37.8 Å². The average Bonchev–Trinajstić information content (AvgIpc) is 3.23. The molecule has 0 N–H and O–H groups in total. The molecule has 1 aromatic heterocycles. The summed E-state index contributed by atoms with van der Waals surface area (Å²) >= 11 is 0. The molecule has 34 heavy (non-hydrogen) atoms. The first-order valence-electron chi connectivity index (χ1n) is 12.0. The summed E-state index contributed by atoms with van der Waals surface area (Å²) in [5.41, 5.74) is 0.366. The molecule has 0 aromatic carbocycles. The zero-order valence-corrected chi connectivity index (χ0v) is 20.6. The van der Waals surface area contributed by atoms with E-state index in [0.717, 1.165) is 24.0 Å². The predicted molar refractivity (Wildman–Crippen MR) is 120 cm³/mol. The maximum Gasteiger partial charge on any atom is 0.303 e. The fourth-order valence-electron chi connectivity index (χ4n) is 7.59. The summed E-state index contributed by atoms with van der Waals surface area (Å²) in [7, 11) is 0. The Kier molecular flexibility index (Phi) is 6.15. The van der Waals surface area contributed by atoms with E-state index >= 15 is 0 Å². The highest BCUT2D eigenvalue weighted by molar-refractivity contribution is 5.88. The highest BCUT2D eigenvalue weighted by Crippen LogP contribution is 2.67. The van der Waals surface area contributed by atoms with E-state index < -0.39 is 34.3 Å². The van der Waals surface area contributed by atoms with Crippen molar-refractivity contribution in [1.29, 1.82) is 0 Å². The lowest BCUT2D eigenvalue weighted by molar-refractivity contribution is -0.207.